The zero-order valence-electron chi connectivity index (χ0n) is 10.1. The van der Waals surface area contributed by atoms with Crippen LogP contribution in [0.1, 0.15) is 12.8 Å². The van der Waals surface area contributed by atoms with E-state index in [9.17, 15) is 0 Å². The molecule has 0 aromatic carbocycles. The van der Waals surface area contributed by atoms with Crippen molar-refractivity contribution in [2.24, 2.45) is 0 Å². The number of aromatic nitrogens is 6. The lowest BCUT2D eigenvalue weighted by Crippen LogP contribution is -2.22. The van der Waals surface area contributed by atoms with E-state index in [0.29, 0.717) is 17.8 Å². The van der Waals surface area contributed by atoms with Crippen LogP contribution in [0.3, 0.4) is 0 Å². The van der Waals surface area contributed by atoms with Gasteiger partial charge in [0.1, 0.15) is 12.7 Å². The van der Waals surface area contributed by atoms with E-state index in [1.54, 1.807) is 13.4 Å². The smallest absolute Gasteiger partial charge is 0.258 e. The minimum atomic E-state index is 0.480. The van der Waals surface area contributed by atoms with Gasteiger partial charge >= 0.3 is 0 Å². The van der Waals surface area contributed by atoms with Crippen LogP contribution in [0.15, 0.2) is 12.7 Å². The van der Waals surface area contributed by atoms with Crippen molar-refractivity contribution in [1.29, 1.82) is 0 Å². The Labute approximate surface area is 104 Å². The molecular formula is C10H14N8. The zero-order chi connectivity index (χ0) is 12.4. The first-order chi connectivity index (χ1) is 8.86. The van der Waals surface area contributed by atoms with E-state index >= 15 is 0 Å². The molecular weight excluding hydrogens is 232 g/mol. The van der Waals surface area contributed by atoms with Crippen molar-refractivity contribution < 1.29 is 0 Å². The van der Waals surface area contributed by atoms with Gasteiger partial charge in [-0.2, -0.15) is 24.7 Å². The van der Waals surface area contributed by atoms with E-state index in [1.165, 1.54) is 23.9 Å². The highest BCUT2D eigenvalue weighted by molar-refractivity contribution is 5.40. The first-order valence-corrected chi connectivity index (χ1v) is 5.90. The van der Waals surface area contributed by atoms with Gasteiger partial charge in [-0.25, -0.2) is 4.98 Å². The standard InChI is InChI=1S/C10H14N8/c1-11-8-14-9(17-4-2-3-5-17)16-10(15-8)18-7-12-6-13-18/h6-7H,2-5H2,1H3,(H,11,14,15,16). The normalized spacial score (nSPS) is 15.1. The summed E-state index contributed by atoms with van der Waals surface area (Å²) in [5, 5.41) is 6.98. The molecule has 94 valence electrons. The highest BCUT2D eigenvalue weighted by Gasteiger charge is 2.17. The molecule has 18 heavy (non-hydrogen) atoms. The first kappa shape index (κ1) is 10.9. The van der Waals surface area contributed by atoms with Crippen LogP contribution in [0, 0.1) is 0 Å². The largest absolute Gasteiger partial charge is 0.357 e. The van der Waals surface area contributed by atoms with E-state index in [1.807, 2.05) is 0 Å². The van der Waals surface area contributed by atoms with Crippen LogP contribution >= 0.6 is 0 Å². The Bertz CT molecular complexity index is 517. The van der Waals surface area contributed by atoms with Crippen LogP contribution in [-0.2, 0) is 0 Å². The second kappa shape index (κ2) is 4.55. The van der Waals surface area contributed by atoms with Gasteiger partial charge in [0.2, 0.25) is 11.9 Å². The van der Waals surface area contributed by atoms with E-state index in [-0.39, 0.29) is 0 Å². The third-order valence-electron chi connectivity index (χ3n) is 2.85. The van der Waals surface area contributed by atoms with Gasteiger partial charge in [-0.3, -0.25) is 0 Å². The van der Waals surface area contributed by atoms with Gasteiger partial charge in [-0.1, -0.05) is 0 Å². The van der Waals surface area contributed by atoms with Gasteiger partial charge in [0, 0.05) is 20.1 Å². The van der Waals surface area contributed by atoms with E-state index < -0.39 is 0 Å². The molecule has 0 bridgehead atoms. The molecule has 0 spiro atoms. The van der Waals surface area contributed by atoms with E-state index in [4.69, 9.17) is 0 Å². The summed E-state index contributed by atoms with van der Waals surface area (Å²) in [6.45, 7) is 1.98. The Morgan fingerprint density at radius 3 is 2.56 bits per heavy atom. The zero-order valence-corrected chi connectivity index (χ0v) is 10.1. The van der Waals surface area contributed by atoms with Crippen LogP contribution in [0.4, 0.5) is 11.9 Å². The number of nitrogens with zero attached hydrogens (tertiary/aromatic N) is 7. The lowest BCUT2D eigenvalue weighted by atomic mass is 10.4. The minimum Gasteiger partial charge on any atom is -0.357 e. The Morgan fingerprint density at radius 2 is 1.89 bits per heavy atom. The van der Waals surface area contributed by atoms with Gasteiger partial charge in [-0.15, -0.1) is 0 Å². The third kappa shape index (κ3) is 1.96. The average molecular weight is 246 g/mol. The molecule has 1 aliphatic rings. The molecule has 0 saturated carbocycles. The molecule has 2 aromatic rings. The lowest BCUT2D eigenvalue weighted by molar-refractivity contribution is 0.779. The van der Waals surface area contributed by atoms with Crippen molar-refractivity contribution in [3.63, 3.8) is 0 Å². The second-order valence-corrected chi connectivity index (χ2v) is 4.04. The van der Waals surface area contributed by atoms with Crippen molar-refractivity contribution in [3.05, 3.63) is 12.7 Å². The monoisotopic (exact) mass is 246 g/mol. The average Bonchev–Trinajstić information content (AvgIpc) is 3.10. The van der Waals surface area contributed by atoms with Crippen LogP contribution in [-0.4, -0.2) is 49.9 Å². The summed E-state index contributed by atoms with van der Waals surface area (Å²) in [6, 6.07) is 0. The van der Waals surface area contributed by atoms with Crippen LogP contribution in [0.2, 0.25) is 0 Å². The number of hydrogen-bond donors (Lipinski definition) is 1. The van der Waals surface area contributed by atoms with Gasteiger partial charge in [-0.05, 0) is 12.8 Å². The maximum atomic E-state index is 4.43. The molecule has 2 aromatic heterocycles. The maximum Gasteiger partial charge on any atom is 0.258 e. The highest BCUT2D eigenvalue weighted by atomic mass is 15.4. The minimum absolute atomic E-state index is 0.480. The van der Waals surface area contributed by atoms with Crippen LogP contribution in [0.5, 0.6) is 0 Å². The fraction of sp³-hybridized carbons (Fsp3) is 0.500. The summed E-state index contributed by atoms with van der Waals surface area (Å²) >= 11 is 0. The van der Waals surface area contributed by atoms with Crippen molar-refractivity contribution in [1.82, 2.24) is 29.7 Å². The summed E-state index contributed by atoms with van der Waals surface area (Å²) in [4.78, 5) is 19.1. The number of rotatable bonds is 3. The van der Waals surface area contributed by atoms with Gasteiger partial charge in [0.15, 0.2) is 0 Å². The van der Waals surface area contributed by atoms with E-state index in [0.717, 1.165) is 13.1 Å². The SMILES string of the molecule is CNc1nc(N2CCCC2)nc(-n2cncn2)n1. The first-order valence-electron chi connectivity index (χ1n) is 5.90. The molecule has 3 heterocycles. The highest BCUT2D eigenvalue weighted by Crippen LogP contribution is 2.17. The summed E-state index contributed by atoms with van der Waals surface area (Å²) < 4.78 is 1.53. The number of nitrogens with one attached hydrogen (secondary N) is 1. The number of hydrogen-bond acceptors (Lipinski definition) is 7. The molecule has 0 amide bonds. The Kier molecular flexibility index (Phi) is 2.75. The van der Waals surface area contributed by atoms with Crippen molar-refractivity contribution in [2.75, 3.05) is 30.4 Å². The molecule has 1 aliphatic heterocycles. The summed E-state index contributed by atoms with van der Waals surface area (Å²) in [6.07, 6.45) is 5.39. The molecule has 0 aliphatic carbocycles. The second-order valence-electron chi connectivity index (χ2n) is 4.04. The molecule has 8 nitrogen and oxygen atoms in total. The topological polar surface area (TPSA) is 84.7 Å². The lowest BCUT2D eigenvalue weighted by Gasteiger charge is -2.16. The predicted molar refractivity (Wildman–Crippen MR) is 65.7 cm³/mol. The molecule has 1 fully saturated rings. The van der Waals surface area contributed by atoms with Crippen molar-refractivity contribution in [3.8, 4) is 5.95 Å². The van der Waals surface area contributed by atoms with Gasteiger partial charge < -0.3 is 10.2 Å². The molecule has 0 atom stereocenters. The molecule has 1 N–H and O–H groups in total. The fourth-order valence-electron chi connectivity index (χ4n) is 1.94. The van der Waals surface area contributed by atoms with Crippen LogP contribution < -0.4 is 10.2 Å². The number of anilines is 2. The van der Waals surface area contributed by atoms with Gasteiger partial charge in [0.05, 0.1) is 0 Å². The van der Waals surface area contributed by atoms with Crippen molar-refractivity contribution >= 4 is 11.9 Å². The summed E-state index contributed by atoms with van der Waals surface area (Å²) in [5.41, 5.74) is 0. The maximum absolute atomic E-state index is 4.43. The Balaban J connectivity index is 2.01. The summed E-state index contributed by atoms with van der Waals surface area (Å²) in [7, 11) is 1.79. The van der Waals surface area contributed by atoms with Gasteiger partial charge in [0.25, 0.3) is 5.95 Å². The predicted octanol–water partition coefficient (Wildman–Crippen LogP) is 0.0942. The van der Waals surface area contributed by atoms with Crippen molar-refractivity contribution in [2.45, 2.75) is 12.8 Å². The molecule has 0 unspecified atom stereocenters. The fourth-order valence-corrected chi connectivity index (χ4v) is 1.94. The molecule has 0 radical (unpaired) electrons. The Hall–Kier alpha value is -2.25. The van der Waals surface area contributed by atoms with E-state index in [2.05, 4.69) is 35.3 Å². The van der Waals surface area contributed by atoms with Crippen LogP contribution in [0.25, 0.3) is 5.95 Å². The quantitative estimate of drug-likeness (QED) is 0.821. The molecule has 8 heteroatoms. The Morgan fingerprint density at radius 1 is 1.11 bits per heavy atom. The summed E-state index contributed by atoms with van der Waals surface area (Å²) in [5.74, 6) is 1.71. The molecule has 1 saturated heterocycles. The third-order valence-corrected chi connectivity index (χ3v) is 2.85. The molecule has 3 rings (SSSR count).